The van der Waals surface area contributed by atoms with E-state index >= 15 is 0 Å². The number of hydrogen-bond acceptors (Lipinski definition) is 11. The molecule has 44 heavy (non-hydrogen) atoms. The number of rotatable bonds is 10. The minimum atomic E-state index is -1.16. The number of amides is 1. The van der Waals surface area contributed by atoms with Crippen molar-refractivity contribution in [2.75, 3.05) is 18.6 Å². The minimum Gasteiger partial charge on any atom is -0.504 e. The Kier molecular flexibility index (Phi) is 7.97. The largest absolute Gasteiger partial charge is 0.504 e. The molecule has 0 saturated heterocycles. The molecule has 224 valence electrons. The van der Waals surface area contributed by atoms with Gasteiger partial charge in [0.25, 0.3) is 5.91 Å². The van der Waals surface area contributed by atoms with Gasteiger partial charge in [-0.2, -0.15) is 0 Å². The predicted molar refractivity (Wildman–Crippen MR) is 162 cm³/mol. The summed E-state index contributed by atoms with van der Waals surface area (Å²) in [6.07, 6.45) is 0. The fourth-order valence-electron chi connectivity index (χ4n) is 4.85. The average Bonchev–Trinajstić information content (AvgIpc) is 3.74. The van der Waals surface area contributed by atoms with E-state index in [1.54, 1.807) is 37.3 Å². The molecule has 1 aliphatic heterocycles. The van der Waals surface area contributed by atoms with E-state index in [0.29, 0.717) is 32.4 Å². The van der Waals surface area contributed by atoms with E-state index in [0.717, 1.165) is 16.9 Å². The van der Waals surface area contributed by atoms with Gasteiger partial charge in [0.2, 0.25) is 10.9 Å². The molecule has 3 heterocycles. The molecule has 1 unspecified atom stereocenters. The van der Waals surface area contributed by atoms with Crippen molar-refractivity contribution in [2.24, 2.45) is 0 Å². The van der Waals surface area contributed by atoms with E-state index < -0.39 is 23.5 Å². The number of furan rings is 1. The van der Waals surface area contributed by atoms with Gasteiger partial charge in [-0.15, -0.1) is 10.2 Å². The summed E-state index contributed by atoms with van der Waals surface area (Å²) >= 11 is 2.44. The van der Waals surface area contributed by atoms with Gasteiger partial charge in [0, 0.05) is 11.1 Å². The Hall–Kier alpha value is -4.88. The Morgan fingerprint density at radius 3 is 2.64 bits per heavy atom. The number of hydrogen-bond donors (Lipinski definition) is 2. The fraction of sp³-hybridized carbons (Fsp3) is 0.161. The molecule has 0 radical (unpaired) electrons. The number of thioether (sulfide) groups is 1. The van der Waals surface area contributed by atoms with Crippen molar-refractivity contribution in [3.63, 3.8) is 0 Å². The molecule has 0 bridgehead atoms. The second-order valence-corrected chi connectivity index (χ2v) is 11.8. The molecule has 2 N–H and O–H groups in total. The molecule has 3 aromatic carbocycles. The van der Waals surface area contributed by atoms with Crippen LogP contribution in [-0.2, 0) is 10.5 Å². The van der Waals surface area contributed by atoms with Gasteiger partial charge in [-0.1, -0.05) is 53.4 Å². The number of aromatic hydroxyl groups is 1. The number of phenolic OH excluding ortho intramolecular Hbond substituents is 1. The van der Waals surface area contributed by atoms with Crippen LogP contribution in [0.1, 0.15) is 34.6 Å². The van der Waals surface area contributed by atoms with E-state index in [-0.39, 0.29) is 40.4 Å². The van der Waals surface area contributed by atoms with Crippen LogP contribution in [0.5, 0.6) is 17.2 Å². The van der Waals surface area contributed by atoms with E-state index in [1.807, 2.05) is 0 Å². The highest BCUT2D eigenvalue weighted by Gasteiger charge is 2.47. The van der Waals surface area contributed by atoms with Gasteiger partial charge in [-0.3, -0.25) is 14.5 Å². The van der Waals surface area contributed by atoms with E-state index in [2.05, 4.69) is 10.2 Å². The number of anilines is 1. The molecule has 1 amide bonds. The lowest BCUT2D eigenvalue weighted by Crippen LogP contribution is -2.31. The van der Waals surface area contributed by atoms with Crippen LogP contribution in [0.25, 0.3) is 11.0 Å². The van der Waals surface area contributed by atoms with Crippen LogP contribution in [0.15, 0.2) is 86.8 Å². The molecule has 5 aromatic rings. The highest BCUT2D eigenvalue weighted by atomic mass is 32.2. The number of benzene rings is 3. The lowest BCUT2D eigenvalue weighted by Gasteiger charge is -2.24. The number of aromatic nitrogens is 2. The molecule has 1 aliphatic rings. The van der Waals surface area contributed by atoms with E-state index in [9.17, 15) is 24.2 Å². The van der Waals surface area contributed by atoms with Crippen molar-refractivity contribution in [1.82, 2.24) is 10.2 Å². The standard InChI is InChI=1S/C31H24FN3O7S2/c1-3-41-22-13-17(9-12-20(22)36)25-24(26(37)23-14-18-5-4-6-21(40-2)28(18)42-23)27(38)29(39)35(25)30-33-34-31(44-30)43-15-16-7-10-19(32)11-8-16/h4-14,25,36,38H,3,15H2,1-2H3. The summed E-state index contributed by atoms with van der Waals surface area (Å²) < 4.78 is 30.6. The Morgan fingerprint density at radius 1 is 1.09 bits per heavy atom. The van der Waals surface area contributed by atoms with Crippen molar-refractivity contribution in [3.8, 4) is 17.2 Å². The van der Waals surface area contributed by atoms with Crippen LogP contribution < -0.4 is 14.4 Å². The van der Waals surface area contributed by atoms with Crippen LogP contribution in [0.3, 0.4) is 0 Å². The van der Waals surface area contributed by atoms with Gasteiger partial charge in [0.05, 0.1) is 25.3 Å². The summed E-state index contributed by atoms with van der Waals surface area (Å²) in [5.41, 5.74) is 1.34. The Morgan fingerprint density at radius 2 is 1.89 bits per heavy atom. The molecule has 0 aliphatic carbocycles. The summed E-state index contributed by atoms with van der Waals surface area (Å²) in [7, 11) is 1.48. The molecule has 13 heteroatoms. The monoisotopic (exact) mass is 633 g/mol. The number of methoxy groups -OCH3 is 1. The average molecular weight is 634 g/mol. The molecule has 1 atom stereocenters. The van der Waals surface area contributed by atoms with Crippen molar-refractivity contribution in [1.29, 1.82) is 0 Å². The number of ketones is 1. The third-order valence-corrected chi connectivity index (χ3v) is 9.01. The number of halogens is 1. The quantitative estimate of drug-likeness (QED) is 0.0982. The lowest BCUT2D eigenvalue weighted by atomic mass is 9.95. The zero-order chi connectivity index (χ0) is 31.0. The molecule has 6 rings (SSSR count). The third kappa shape index (κ3) is 5.35. The maximum Gasteiger partial charge on any atom is 0.296 e. The van der Waals surface area contributed by atoms with Crippen molar-refractivity contribution in [2.45, 2.75) is 23.1 Å². The van der Waals surface area contributed by atoms with Gasteiger partial charge in [0.15, 0.2) is 38.7 Å². The number of para-hydroxylation sites is 1. The first-order chi connectivity index (χ1) is 21.3. The van der Waals surface area contributed by atoms with E-state index in [4.69, 9.17) is 13.9 Å². The van der Waals surface area contributed by atoms with Gasteiger partial charge in [-0.25, -0.2) is 4.39 Å². The highest BCUT2D eigenvalue weighted by Crippen LogP contribution is 2.46. The number of nitrogens with zero attached hydrogens (tertiary/aromatic N) is 3. The topological polar surface area (TPSA) is 135 Å². The SMILES string of the molecule is CCOc1cc(C2C(C(=O)c3cc4cccc(OC)c4o3)=C(O)C(=O)N2c2nnc(SCc3ccc(F)cc3)s2)ccc1O. The smallest absolute Gasteiger partial charge is 0.296 e. The maximum atomic E-state index is 14.0. The molecule has 0 saturated carbocycles. The first-order valence-corrected chi connectivity index (χ1v) is 15.1. The molecule has 0 spiro atoms. The maximum absolute atomic E-state index is 14.0. The number of phenols is 1. The summed E-state index contributed by atoms with van der Waals surface area (Å²) in [5.74, 6) is -1.89. The number of aliphatic hydroxyl groups is 1. The number of fused-ring (bicyclic) bond motifs is 1. The number of ether oxygens (including phenoxy) is 2. The van der Waals surface area contributed by atoms with E-state index in [1.165, 1.54) is 60.2 Å². The van der Waals surface area contributed by atoms with Gasteiger partial charge >= 0.3 is 0 Å². The Balaban J connectivity index is 1.40. The van der Waals surface area contributed by atoms with Crippen molar-refractivity contribution >= 4 is 50.9 Å². The molecule has 2 aromatic heterocycles. The summed E-state index contributed by atoms with van der Waals surface area (Å²) in [6.45, 7) is 2.00. The van der Waals surface area contributed by atoms with Crippen LogP contribution in [-0.4, -0.2) is 45.8 Å². The van der Waals surface area contributed by atoms with Crippen LogP contribution in [0, 0.1) is 5.82 Å². The van der Waals surface area contributed by atoms with Gasteiger partial charge in [0.1, 0.15) is 5.82 Å². The number of carbonyl (C=O) groups is 2. The van der Waals surface area contributed by atoms with Gasteiger partial charge in [-0.05, 0) is 54.4 Å². The zero-order valence-corrected chi connectivity index (χ0v) is 24.9. The zero-order valence-electron chi connectivity index (χ0n) is 23.3. The van der Waals surface area contributed by atoms with Crippen LogP contribution >= 0.6 is 23.1 Å². The first kappa shape index (κ1) is 29.2. The van der Waals surface area contributed by atoms with Crippen LogP contribution in [0.2, 0.25) is 0 Å². The van der Waals surface area contributed by atoms with Crippen molar-refractivity contribution in [3.05, 3.63) is 101 Å². The Bertz CT molecular complexity index is 1920. The number of carbonyl (C=O) groups excluding carboxylic acids is 2. The molecule has 10 nitrogen and oxygen atoms in total. The van der Waals surface area contributed by atoms with Crippen molar-refractivity contribution < 1.29 is 38.1 Å². The minimum absolute atomic E-state index is 0.109. The second kappa shape index (κ2) is 12.0. The predicted octanol–water partition coefficient (Wildman–Crippen LogP) is 6.61. The normalized spacial score (nSPS) is 14.9. The summed E-state index contributed by atoms with van der Waals surface area (Å²) in [6, 6.07) is 16.0. The molecular weight excluding hydrogens is 609 g/mol. The second-order valence-electron chi connectivity index (χ2n) is 9.58. The highest BCUT2D eigenvalue weighted by molar-refractivity contribution is 8.00. The number of aliphatic hydroxyl groups excluding tert-OH is 1. The summed E-state index contributed by atoms with van der Waals surface area (Å²) in [5, 5.41) is 30.7. The molecule has 0 fully saturated rings. The first-order valence-electron chi connectivity index (χ1n) is 13.3. The van der Waals surface area contributed by atoms with Gasteiger partial charge < -0.3 is 24.1 Å². The Labute approximate surface area is 258 Å². The third-order valence-electron chi connectivity index (χ3n) is 6.88. The molecular formula is C31H24FN3O7S2. The summed E-state index contributed by atoms with van der Waals surface area (Å²) in [4.78, 5) is 28.8. The fourth-order valence-corrected chi connectivity index (χ4v) is 6.67. The lowest BCUT2D eigenvalue weighted by molar-refractivity contribution is -0.117. The number of Topliss-reactive ketones (excluding diaryl/α,β-unsaturated/α-hetero) is 1. The van der Waals surface area contributed by atoms with Crippen LogP contribution in [0.4, 0.5) is 9.52 Å².